The van der Waals surface area contributed by atoms with Gasteiger partial charge in [0.15, 0.2) is 0 Å². The molecule has 2 amide bonds. The number of anilines is 1. The van der Waals surface area contributed by atoms with Crippen LogP contribution in [-0.2, 0) is 30.4 Å². The number of nitrogens with zero attached hydrogens (tertiary/aromatic N) is 1. The van der Waals surface area contributed by atoms with Crippen LogP contribution in [0, 0.1) is 5.82 Å². The SMILES string of the molecule is O=C(Cc1cccc(C(F)(F)F)c1F)Nc1c(Cl)ccc2c1CCN(C(=O)c1ccc(Cl)c(Cl)c1)C2. The number of hydrogen-bond donors (Lipinski definition) is 1. The average molecular weight is 560 g/mol. The quantitative estimate of drug-likeness (QED) is 0.344. The van der Waals surface area contributed by atoms with Crippen molar-refractivity contribution >= 4 is 52.3 Å². The van der Waals surface area contributed by atoms with Gasteiger partial charge in [0.2, 0.25) is 5.91 Å². The van der Waals surface area contributed by atoms with E-state index in [-0.39, 0.29) is 33.7 Å². The molecule has 1 N–H and O–H groups in total. The van der Waals surface area contributed by atoms with Gasteiger partial charge in [0.25, 0.3) is 5.91 Å². The number of amides is 2. The maximum atomic E-state index is 14.3. The topological polar surface area (TPSA) is 49.4 Å². The van der Waals surface area contributed by atoms with Gasteiger partial charge in [-0.3, -0.25) is 9.59 Å². The second-order valence-corrected chi connectivity index (χ2v) is 9.39. The summed E-state index contributed by atoms with van der Waals surface area (Å²) >= 11 is 18.3. The van der Waals surface area contributed by atoms with Crippen molar-refractivity contribution in [1.82, 2.24) is 4.90 Å². The van der Waals surface area contributed by atoms with E-state index in [1.54, 1.807) is 23.1 Å². The molecule has 36 heavy (non-hydrogen) atoms. The highest BCUT2D eigenvalue weighted by Crippen LogP contribution is 2.35. The number of hydrogen-bond acceptors (Lipinski definition) is 2. The van der Waals surface area contributed by atoms with Gasteiger partial charge in [-0.15, -0.1) is 0 Å². The highest BCUT2D eigenvalue weighted by atomic mass is 35.5. The van der Waals surface area contributed by atoms with Gasteiger partial charge in [0.1, 0.15) is 5.82 Å². The lowest BCUT2D eigenvalue weighted by atomic mass is 9.96. The Kier molecular flexibility index (Phi) is 7.50. The van der Waals surface area contributed by atoms with Crippen molar-refractivity contribution in [2.45, 2.75) is 25.6 Å². The Balaban J connectivity index is 1.53. The van der Waals surface area contributed by atoms with Crippen molar-refractivity contribution in [2.24, 2.45) is 0 Å². The molecule has 0 aromatic heterocycles. The molecule has 3 aromatic carbocycles. The summed E-state index contributed by atoms with van der Waals surface area (Å²) in [7, 11) is 0. The fourth-order valence-corrected chi connectivity index (χ4v) is 4.56. The number of nitrogens with one attached hydrogen (secondary N) is 1. The van der Waals surface area contributed by atoms with E-state index in [4.69, 9.17) is 34.8 Å². The van der Waals surface area contributed by atoms with Gasteiger partial charge >= 0.3 is 6.18 Å². The van der Waals surface area contributed by atoms with Crippen molar-refractivity contribution in [2.75, 3.05) is 11.9 Å². The van der Waals surface area contributed by atoms with Gasteiger partial charge in [-0.05, 0) is 53.4 Å². The van der Waals surface area contributed by atoms with Crippen LogP contribution in [0.1, 0.15) is 32.6 Å². The lowest BCUT2D eigenvalue weighted by molar-refractivity contribution is -0.140. The van der Waals surface area contributed by atoms with Gasteiger partial charge in [-0.25, -0.2) is 4.39 Å². The zero-order chi connectivity index (χ0) is 26.2. The van der Waals surface area contributed by atoms with Crippen LogP contribution in [-0.4, -0.2) is 23.3 Å². The van der Waals surface area contributed by atoms with Gasteiger partial charge in [0, 0.05) is 18.7 Å². The summed E-state index contributed by atoms with van der Waals surface area (Å²) in [5.74, 6) is -2.46. The summed E-state index contributed by atoms with van der Waals surface area (Å²) in [6, 6.07) is 10.7. The van der Waals surface area contributed by atoms with Crippen molar-refractivity contribution in [3.05, 3.63) is 97.2 Å². The molecule has 1 heterocycles. The number of benzene rings is 3. The number of fused-ring (bicyclic) bond motifs is 1. The first-order chi connectivity index (χ1) is 17.0. The summed E-state index contributed by atoms with van der Waals surface area (Å²) in [5.41, 5.74) is 0.265. The van der Waals surface area contributed by atoms with E-state index < -0.39 is 29.9 Å². The second-order valence-electron chi connectivity index (χ2n) is 8.17. The first-order valence-corrected chi connectivity index (χ1v) is 11.8. The number of rotatable bonds is 4. The maximum absolute atomic E-state index is 14.3. The fourth-order valence-electron chi connectivity index (χ4n) is 4.04. The molecule has 0 unspecified atom stereocenters. The number of carbonyl (C=O) groups excluding carboxylic acids is 2. The van der Waals surface area contributed by atoms with E-state index in [1.807, 2.05) is 0 Å². The Bertz CT molecular complexity index is 1360. The predicted molar refractivity (Wildman–Crippen MR) is 130 cm³/mol. The number of carbonyl (C=O) groups is 2. The molecule has 4 nitrogen and oxygen atoms in total. The summed E-state index contributed by atoms with van der Waals surface area (Å²) < 4.78 is 53.3. The number of alkyl halides is 3. The van der Waals surface area contributed by atoms with E-state index in [0.717, 1.165) is 17.7 Å². The molecule has 1 aliphatic heterocycles. The van der Waals surface area contributed by atoms with Crippen LogP contribution < -0.4 is 5.32 Å². The van der Waals surface area contributed by atoms with Crippen molar-refractivity contribution in [3.63, 3.8) is 0 Å². The van der Waals surface area contributed by atoms with Crippen LogP contribution in [0.15, 0.2) is 48.5 Å². The zero-order valence-electron chi connectivity index (χ0n) is 18.4. The third-order valence-corrected chi connectivity index (χ3v) is 6.86. The second kappa shape index (κ2) is 10.3. The minimum atomic E-state index is -4.88. The Morgan fingerprint density at radius 3 is 2.39 bits per heavy atom. The van der Waals surface area contributed by atoms with Gasteiger partial charge in [-0.1, -0.05) is 53.0 Å². The van der Waals surface area contributed by atoms with Crippen molar-refractivity contribution in [3.8, 4) is 0 Å². The van der Waals surface area contributed by atoms with E-state index >= 15 is 0 Å². The molecule has 0 saturated carbocycles. The van der Waals surface area contributed by atoms with Gasteiger partial charge < -0.3 is 10.2 Å². The van der Waals surface area contributed by atoms with Crippen LogP contribution in [0.4, 0.5) is 23.2 Å². The molecular weight excluding hydrogens is 543 g/mol. The molecule has 0 bridgehead atoms. The Morgan fingerprint density at radius 2 is 1.69 bits per heavy atom. The van der Waals surface area contributed by atoms with Crippen LogP contribution in [0.5, 0.6) is 0 Å². The number of halogens is 7. The van der Waals surface area contributed by atoms with Gasteiger partial charge in [-0.2, -0.15) is 13.2 Å². The van der Waals surface area contributed by atoms with E-state index in [0.29, 0.717) is 35.2 Å². The highest BCUT2D eigenvalue weighted by Gasteiger charge is 2.35. The van der Waals surface area contributed by atoms with Crippen molar-refractivity contribution in [1.29, 1.82) is 0 Å². The van der Waals surface area contributed by atoms with Gasteiger partial charge in [0.05, 0.1) is 32.7 Å². The molecule has 188 valence electrons. The van der Waals surface area contributed by atoms with Crippen molar-refractivity contribution < 1.29 is 27.2 Å². The van der Waals surface area contributed by atoms with E-state index in [9.17, 15) is 27.2 Å². The molecule has 0 atom stereocenters. The summed E-state index contributed by atoms with van der Waals surface area (Å²) in [4.78, 5) is 27.2. The molecule has 0 aliphatic carbocycles. The standard InChI is InChI=1S/C25H17Cl3F4N2O2/c26-18-6-4-14(10-20(18)28)24(36)34-9-8-16-15(12-34)5-7-19(27)23(16)33-21(35)11-13-2-1-3-17(22(13)29)25(30,31)32/h1-7,10H,8-9,11-12H2,(H,33,35). The average Bonchev–Trinajstić information content (AvgIpc) is 2.82. The lowest BCUT2D eigenvalue weighted by Gasteiger charge is -2.30. The summed E-state index contributed by atoms with van der Waals surface area (Å²) in [6.07, 6.45) is -5.13. The smallest absolute Gasteiger partial charge is 0.334 e. The molecule has 0 saturated heterocycles. The van der Waals surface area contributed by atoms with Crippen LogP contribution in [0.25, 0.3) is 0 Å². The monoisotopic (exact) mass is 558 g/mol. The van der Waals surface area contributed by atoms with Crippen LogP contribution in [0.3, 0.4) is 0 Å². The predicted octanol–water partition coefficient (Wildman–Crippen LogP) is 7.18. The fraction of sp³-hybridized carbons (Fsp3) is 0.200. The van der Waals surface area contributed by atoms with E-state index in [2.05, 4.69) is 5.32 Å². The Hall–Kier alpha value is -2.81. The minimum absolute atomic E-state index is 0.218. The van der Waals surface area contributed by atoms with Crippen LogP contribution >= 0.6 is 34.8 Å². The Labute approximate surface area is 218 Å². The highest BCUT2D eigenvalue weighted by molar-refractivity contribution is 6.42. The molecule has 1 aliphatic rings. The lowest BCUT2D eigenvalue weighted by Crippen LogP contribution is -2.36. The summed E-state index contributed by atoms with van der Waals surface area (Å²) in [6.45, 7) is 0.550. The zero-order valence-corrected chi connectivity index (χ0v) is 20.6. The largest absolute Gasteiger partial charge is 0.419 e. The van der Waals surface area contributed by atoms with Crippen LogP contribution in [0.2, 0.25) is 15.1 Å². The first-order valence-electron chi connectivity index (χ1n) is 10.6. The molecule has 4 rings (SSSR count). The third-order valence-electron chi connectivity index (χ3n) is 5.81. The van der Waals surface area contributed by atoms with E-state index in [1.165, 1.54) is 12.1 Å². The molecule has 0 fully saturated rings. The normalized spacial score (nSPS) is 13.4. The third kappa shape index (κ3) is 5.45. The molecule has 3 aromatic rings. The molecule has 0 radical (unpaired) electrons. The molecular formula is C25H17Cl3F4N2O2. The first kappa shape index (κ1) is 26.3. The molecule has 0 spiro atoms. The Morgan fingerprint density at radius 1 is 0.972 bits per heavy atom. The minimum Gasteiger partial charge on any atom is -0.334 e. The maximum Gasteiger partial charge on any atom is 0.419 e. The molecule has 11 heteroatoms. The summed E-state index contributed by atoms with van der Waals surface area (Å²) in [5, 5.41) is 3.41.